The molecular formula is C32H35F3N4O2. The molecule has 3 amide bonds. The first-order chi connectivity index (χ1) is 19.4. The van der Waals surface area contributed by atoms with Crippen LogP contribution in [0, 0.1) is 13.8 Å². The van der Waals surface area contributed by atoms with E-state index in [4.69, 9.17) is 0 Å². The average molecular weight is 565 g/mol. The molecule has 2 N–H and O–H groups in total. The van der Waals surface area contributed by atoms with Crippen molar-refractivity contribution < 1.29 is 22.8 Å². The summed E-state index contributed by atoms with van der Waals surface area (Å²) in [7, 11) is 0. The Morgan fingerprint density at radius 2 is 1.59 bits per heavy atom. The molecule has 1 aromatic heterocycles. The number of benzene rings is 3. The molecule has 0 aliphatic carbocycles. The van der Waals surface area contributed by atoms with E-state index in [1.807, 2.05) is 76.4 Å². The molecule has 0 saturated heterocycles. The number of aryl methyl sites for hydroxylation is 2. The molecule has 9 heteroatoms. The number of nitrogens with one attached hydrogen (secondary N) is 2. The fraction of sp³-hybridized carbons (Fsp3) is 0.312. The Balaban J connectivity index is 1.55. The van der Waals surface area contributed by atoms with Crippen molar-refractivity contribution in [2.45, 2.75) is 52.9 Å². The Morgan fingerprint density at radius 1 is 0.927 bits per heavy atom. The van der Waals surface area contributed by atoms with Gasteiger partial charge in [-0.1, -0.05) is 48.5 Å². The average Bonchev–Trinajstić information content (AvgIpc) is 3.34. The van der Waals surface area contributed by atoms with Gasteiger partial charge in [0.25, 0.3) is 0 Å². The summed E-state index contributed by atoms with van der Waals surface area (Å²) in [4.78, 5) is 33.4. The molecule has 0 spiro atoms. The lowest BCUT2D eigenvalue weighted by Gasteiger charge is -2.30. The van der Waals surface area contributed by atoms with Crippen LogP contribution >= 0.6 is 0 Å². The van der Waals surface area contributed by atoms with Crippen LogP contribution in [0.3, 0.4) is 0 Å². The lowest BCUT2D eigenvalue weighted by molar-refractivity contribution is -0.137. The smallest absolute Gasteiger partial charge is 0.361 e. The minimum atomic E-state index is -4.44. The number of amides is 3. The molecule has 0 aliphatic heterocycles. The van der Waals surface area contributed by atoms with Crippen molar-refractivity contribution in [2.75, 3.05) is 18.4 Å². The fourth-order valence-electron chi connectivity index (χ4n) is 4.83. The van der Waals surface area contributed by atoms with Crippen LogP contribution in [0.1, 0.15) is 41.7 Å². The molecule has 216 valence electrons. The Kier molecular flexibility index (Phi) is 9.05. The Labute approximate surface area is 238 Å². The van der Waals surface area contributed by atoms with Gasteiger partial charge in [0.05, 0.1) is 5.56 Å². The largest absolute Gasteiger partial charge is 0.416 e. The highest BCUT2D eigenvalue weighted by Crippen LogP contribution is 2.29. The van der Waals surface area contributed by atoms with E-state index in [-0.39, 0.29) is 25.0 Å². The molecule has 0 atom stereocenters. The molecule has 1 heterocycles. The number of halogens is 3. The molecule has 3 aromatic carbocycles. The third kappa shape index (κ3) is 7.28. The highest BCUT2D eigenvalue weighted by atomic mass is 19.4. The molecule has 4 aromatic rings. The van der Waals surface area contributed by atoms with Gasteiger partial charge in [-0.15, -0.1) is 0 Å². The van der Waals surface area contributed by atoms with Gasteiger partial charge >= 0.3 is 12.2 Å². The maximum Gasteiger partial charge on any atom is 0.416 e. The number of anilines is 1. The van der Waals surface area contributed by atoms with Crippen molar-refractivity contribution in [3.05, 3.63) is 101 Å². The van der Waals surface area contributed by atoms with E-state index in [9.17, 15) is 22.8 Å². The lowest BCUT2D eigenvalue weighted by Crippen LogP contribution is -2.47. The van der Waals surface area contributed by atoms with Gasteiger partial charge in [0, 0.05) is 41.9 Å². The van der Waals surface area contributed by atoms with Crippen LogP contribution in [-0.2, 0) is 23.9 Å². The highest BCUT2D eigenvalue weighted by molar-refractivity contribution is 5.94. The maximum atomic E-state index is 13.7. The number of rotatable bonds is 9. The van der Waals surface area contributed by atoms with Gasteiger partial charge in [0.2, 0.25) is 5.91 Å². The first-order valence-electron chi connectivity index (χ1n) is 13.6. The molecule has 4 rings (SSSR count). The van der Waals surface area contributed by atoms with Crippen molar-refractivity contribution in [3.8, 4) is 0 Å². The number of carbonyl (C=O) groups excluding carboxylic acids is 2. The monoisotopic (exact) mass is 564 g/mol. The Bertz CT molecular complexity index is 1490. The SMILES string of the molecule is Cc1cccc(C)c1NC(=O)N(CC(=O)N(CCc1c[nH]c2ccccc12)Cc1ccc(C(F)(F)F)cc1)C(C)C. The Morgan fingerprint density at radius 3 is 2.22 bits per heavy atom. The highest BCUT2D eigenvalue weighted by Gasteiger charge is 2.30. The first kappa shape index (κ1) is 29.7. The van der Waals surface area contributed by atoms with Gasteiger partial charge < -0.3 is 20.1 Å². The summed E-state index contributed by atoms with van der Waals surface area (Å²) in [6.45, 7) is 7.75. The number of aromatic amines is 1. The lowest BCUT2D eigenvalue weighted by atomic mass is 10.1. The summed E-state index contributed by atoms with van der Waals surface area (Å²) in [6.07, 6.45) is -2.00. The van der Waals surface area contributed by atoms with Crippen LogP contribution in [0.4, 0.5) is 23.7 Å². The summed E-state index contributed by atoms with van der Waals surface area (Å²) in [6, 6.07) is 17.7. The van der Waals surface area contributed by atoms with Crippen molar-refractivity contribution in [2.24, 2.45) is 0 Å². The van der Waals surface area contributed by atoms with Gasteiger partial charge in [0.1, 0.15) is 6.54 Å². The van der Waals surface area contributed by atoms with E-state index >= 15 is 0 Å². The second-order valence-electron chi connectivity index (χ2n) is 10.5. The van der Waals surface area contributed by atoms with E-state index in [2.05, 4.69) is 10.3 Å². The normalized spacial score (nSPS) is 11.6. The quantitative estimate of drug-likeness (QED) is 0.224. The zero-order valence-electron chi connectivity index (χ0n) is 23.7. The summed E-state index contributed by atoms with van der Waals surface area (Å²) in [5.41, 5.74) is 4.37. The standard InChI is InChI=1S/C32H35F3N4O2/c1-21(2)39(31(41)37-30-22(3)8-7-9-23(30)4)20-29(40)38(19-24-12-14-26(15-13-24)32(33,34)35)17-16-25-18-36-28-11-6-5-10-27(25)28/h5-15,18,21,36H,16-17,19-20H2,1-4H3,(H,37,41). The number of hydrogen-bond donors (Lipinski definition) is 2. The third-order valence-electron chi connectivity index (χ3n) is 7.24. The van der Waals surface area contributed by atoms with Crippen LogP contribution < -0.4 is 5.32 Å². The summed E-state index contributed by atoms with van der Waals surface area (Å²) in [5.74, 6) is -0.296. The van der Waals surface area contributed by atoms with Crippen LogP contribution in [0.2, 0.25) is 0 Å². The van der Waals surface area contributed by atoms with Crippen molar-refractivity contribution in [1.82, 2.24) is 14.8 Å². The van der Waals surface area contributed by atoms with Gasteiger partial charge in [0.15, 0.2) is 0 Å². The van der Waals surface area contributed by atoms with Crippen molar-refractivity contribution in [1.29, 1.82) is 0 Å². The van der Waals surface area contributed by atoms with E-state index < -0.39 is 17.8 Å². The number of nitrogens with zero attached hydrogens (tertiary/aromatic N) is 2. The molecule has 0 unspecified atom stereocenters. The summed E-state index contributed by atoms with van der Waals surface area (Å²) >= 11 is 0. The second kappa shape index (κ2) is 12.5. The number of alkyl halides is 3. The second-order valence-corrected chi connectivity index (χ2v) is 10.5. The predicted octanol–water partition coefficient (Wildman–Crippen LogP) is 7.32. The number of urea groups is 1. The number of H-pyrrole nitrogens is 1. The molecule has 0 aliphatic rings. The first-order valence-corrected chi connectivity index (χ1v) is 13.6. The van der Waals surface area contributed by atoms with Gasteiger partial charge in [-0.05, 0) is 74.6 Å². The molecule has 41 heavy (non-hydrogen) atoms. The van der Waals surface area contributed by atoms with Crippen LogP contribution in [0.5, 0.6) is 0 Å². The molecule has 6 nitrogen and oxygen atoms in total. The van der Waals surface area contributed by atoms with E-state index in [1.54, 1.807) is 4.90 Å². The minimum absolute atomic E-state index is 0.115. The van der Waals surface area contributed by atoms with Crippen LogP contribution in [-0.4, -0.2) is 45.9 Å². The number of fused-ring (bicyclic) bond motifs is 1. The summed E-state index contributed by atoms with van der Waals surface area (Å²) < 4.78 is 39.3. The molecule has 0 fully saturated rings. The summed E-state index contributed by atoms with van der Waals surface area (Å²) in [5, 5.41) is 4.00. The predicted molar refractivity (Wildman–Crippen MR) is 156 cm³/mol. The number of hydrogen-bond acceptors (Lipinski definition) is 2. The topological polar surface area (TPSA) is 68.4 Å². The molecule has 0 saturated carbocycles. The van der Waals surface area contributed by atoms with Crippen molar-refractivity contribution in [3.63, 3.8) is 0 Å². The zero-order valence-corrected chi connectivity index (χ0v) is 23.7. The van der Waals surface area contributed by atoms with E-state index in [0.717, 1.165) is 39.7 Å². The van der Waals surface area contributed by atoms with Gasteiger partial charge in [-0.2, -0.15) is 13.2 Å². The Hall–Kier alpha value is -4.27. The van der Waals surface area contributed by atoms with Crippen molar-refractivity contribution >= 4 is 28.5 Å². The molecular weight excluding hydrogens is 529 g/mol. The number of para-hydroxylation sites is 2. The van der Waals surface area contributed by atoms with Crippen LogP contribution in [0.25, 0.3) is 10.9 Å². The van der Waals surface area contributed by atoms with Gasteiger partial charge in [-0.25, -0.2) is 4.79 Å². The molecule has 0 bridgehead atoms. The maximum absolute atomic E-state index is 13.7. The number of carbonyl (C=O) groups is 2. The van der Waals surface area contributed by atoms with Crippen LogP contribution in [0.15, 0.2) is 72.9 Å². The zero-order chi connectivity index (χ0) is 29.7. The third-order valence-corrected chi connectivity index (χ3v) is 7.24. The molecule has 0 radical (unpaired) electrons. The fourth-order valence-corrected chi connectivity index (χ4v) is 4.83. The van der Waals surface area contributed by atoms with E-state index in [1.165, 1.54) is 17.0 Å². The van der Waals surface area contributed by atoms with E-state index in [0.29, 0.717) is 24.2 Å². The van der Waals surface area contributed by atoms with Gasteiger partial charge in [-0.3, -0.25) is 4.79 Å². The minimum Gasteiger partial charge on any atom is -0.361 e. The number of aromatic nitrogens is 1.